The van der Waals surface area contributed by atoms with E-state index < -0.39 is 5.97 Å². The van der Waals surface area contributed by atoms with Crippen LogP contribution in [0.5, 0.6) is 0 Å². The highest BCUT2D eigenvalue weighted by molar-refractivity contribution is 5.78. The average Bonchev–Trinajstić information content (AvgIpc) is 2.34. The number of carbonyl (C=O) groups excluding carboxylic acids is 2. The van der Waals surface area contributed by atoms with Crippen molar-refractivity contribution >= 4 is 17.8 Å². The van der Waals surface area contributed by atoms with Crippen LogP contribution in [0.2, 0.25) is 0 Å². The maximum Gasteiger partial charge on any atom is 0.327 e. The second-order valence-electron chi connectivity index (χ2n) is 2.88. The molecule has 0 heterocycles. The lowest BCUT2D eigenvalue weighted by atomic mass is 10.2. The van der Waals surface area contributed by atoms with Crippen molar-refractivity contribution in [3.8, 4) is 0 Å². The van der Waals surface area contributed by atoms with Crippen molar-refractivity contribution in [1.82, 2.24) is 10.9 Å². The Labute approximate surface area is 99.0 Å². The van der Waals surface area contributed by atoms with Crippen LogP contribution < -0.4 is 22.5 Å². The van der Waals surface area contributed by atoms with Gasteiger partial charge in [-0.05, 0) is 12.8 Å². The first kappa shape index (κ1) is 17.5. The molecular weight excluding hydrogens is 228 g/mol. The molecule has 98 valence electrons. The van der Waals surface area contributed by atoms with Crippen LogP contribution in [0.25, 0.3) is 0 Å². The van der Waals surface area contributed by atoms with Crippen molar-refractivity contribution in [3.05, 3.63) is 12.7 Å². The van der Waals surface area contributed by atoms with Gasteiger partial charge in [0.15, 0.2) is 0 Å². The molecule has 0 spiro atoms. The predicted molar refractivity (Wildman–Crippen MR) is 61.0 cm³/mol. The molecule has 0 saturated carbocycles. The van der Waals surface area contributed by atoms with Gasteiger partial charge in [-0.3, -0.25) is 20.4 Å². The van der Waals surface area contributed by atoms with Gasteiger partial charge in [0.1, 0.15) is 0 Å². The number of carboxylic acid groups (broad SMARTS) is 1. The lowest BCUT2D eigenvalue weighted by Crippen LogP contribution is -2.30. The largest absolute Gasteiger partial charge is 0.478 e. The van der Waals surface area contributed by atoms with Crippen molar-refractivity contribution in [2.75, 3.05) is 0 Å². The number of aliphatic carboxylic acids is 1. The molecule has 0 atom stereocenters. The van der Waals surface area contributed by atoms with Gasteiger partial charge in [-0.25, -0.2) is 16.5 Å². The Morgan fingerprint density at radius 2 is 1.35 bits per heavy atom. The number of unbranched alkanes of at least 4 members (excludes halogenated alkanes) is 1. The van der Waals surface area contributed by atoms with Crippen molar-refractivity contribution < 1.29 is 19.5 Å². The van der Waals surface area contributed by atoms with Crippen LogP contribution in [0, 0.1) is 0 Å². The lowest BCUT2D eigenvalue weighted by molar-refractivity contribution is -0.131. The fourth-order valence-electron chi connectivity index (χ4n) is 0.715. The van der Waals surface area contributed by atoms with E-state index in [1.54, 1.807) is 0 Å². The maximum absolute atomic E-state index is 10.6. The van der Waals surface area contributed by atoms with Gasteiger partial charge in [-0.15, -0.1) is 0 Å². The number of hydrazine groups is 2. The van der Waals surface area contributed by atoms with Crippen LogP contribution in [0.1, 0.15) is 25.7 Å². The van der Waals surface area contributed by atoms with E-state index in [-0.39, 0.29) is 11.8 Å². The van der Waals surface area contributed by atoms with Crippen molar-refractivity contribution in [2.45, 2.75) is 25.7 Å². The van der Waals surface area contributed by atoms with E-state index in [1.807, 2.05) is 10.9 Å². The first-order chi connectivity index (χ1) is 7.97. The summed E-state index contributed by atoms with van der Waals surface area (Å²) in [5.41, 5.74) is 4.01. The van der Waals surface area contributed by atoms with Crippen molar-refractivity contribution in [3.63, 3.8) is 0 Å². The minimum absolute atomic E-state index is 0.219. The zero-order chi connectivity index (χ0) is 13.7. The Bertz CT molecular complexity index is 250. The second kappa shape index (κ2) is 12.1. The summed E-state index contributed by atoms with van der Waals surface area (Å²) in [6.45, 7) is 2.96. The molecule has 0 bridgehead atoms. The third-order valence-electron chi connectivity index (χ3n) is 1.55. The van der Waals surface area contributed by atoms with Gasteiger partial charge in [0, 0.05) is 18.9 Å². The van der Waals surface area contributed by atoms with Gasteiger partial charge >= 0.3 is 5.97 Å². The van der Waals surface area contributed by atoms with Gasteiger partial charge in [0.05, 0.1) is 0 Å². The molecule has 0 rings (SSSR count). The summed E-state index contributed by atoms with van der Waals surface area (Å²) >= 11 is 0. The molecule has 0 saturated heterocycles. The minimum atomic E-state index is -0.981. The summed E-state index contributed by atoms with van der Waals surface area (Å²) in [7, 11) is 0. The highest BCUT2D eigenvalue weighted by Crippen LogP contribution is 1.98. The number of rotatable bonds is 6. The Balaban J connectivity index is 0. The fourth-order valence-corrected chi connectivity index (χ4v) is 0.715. The molecule has 7 N–H and O–H groups in total. The summed E-state index contributed by atoms with van der Waals surface area (Å²) < 4.78 is 0. The summed E-state index contributed by atoms with van der Waals surface area (Å²) in [6, 6.07) is 0. The minimum Gasteiger partial charge on any atom is -0.478 e. The molecule has 2 amide bonds. The molecule has 0 aromatic carbocycles. The summed E-state index contributed by atoms with van der Waals surface area (Å²) in [5, 5.41) is 7.60. The second-order valence-corrected chi connectivity index (χ2v) is 2.88. The first-order valence-corrected chi connectivity index (χ1v) is 4.82. The van der Waals surface area contributed by atoms with Crippen molar-refractivity contribution in [1.29, 1.82) is 0 Å². The molecule has 0 unspecified atom stereocenters. The molecule has 0 aliphatic carbocycles. The Morgan fingerprint density at radius 1 is 1.06 bits per heavy atom. The molecule has 8 heteroatoms. The normalized spacial score (nSPS) is 8.35. The van der Waals surface area contributed by atoms with Gasteiger partial charge in [-0.1, -0.05) is 6.58 Å². The Hall–Kier alpha value is -1.93. The highest BCUT2D eigenvalue weighted by atomic mass is 16.4. The van der Waals surface area contributed by atoms with E-state index in [0.29, 0.717) is 25.7 Å². The summed E-state index contributed by atoms with van der Waals surface area (Å²) in [4.78, 5) is 30.4. The molecule has 0 aliphatic heterocycles. The molecule has 0 fully saturated rings. The Morgan fingerprint density at radius 3 is 1.53 bits per heavy atom. The number of hydrogen-bond donors (Lipinski definition) is 5. The third kappa shape index (κ3) is 16.7. The number of carboxylic acids is 1. The van der Waals surface area contributed by atoms with Crippen LogP contribution in [-0.4, -0.2) is 22.9 Å². The lowest BCUT2D eigenvalue weighted by Gasteiger charge is -1.99. The topological polar surface area (TPSA) is 148 Å². The van der Waals surface area contributed by atoms with Gasteiger partial charge in [0.2, 0.25) is 11.8 Å². The quantitative estimate of drug-likeness (QED) is 0.130. The van der Waals surface area contributed by atoms with E-state index in [2.05, 4.69) is 6.58 Å². The predicted octanol–water partition coefficient (Wildman–Crippen LogP) is -1.22. The number of carbonyl (C=O) groups is 3. The summed E-state index contributed by atoms with van der Waals surface area (Å²) in [5.74, 6) is 8.26. The molecule has 0 aliphatic rings. The molecule has 0 aromatic rings. The standard InChI is InChI=1S/C6H14N4O2.C3H4O2/c7-9-5(11)3-1-2-4-6(12)10-8;1-2-3(4)5/h1-4,7-8H2,(H,9,11)(H,10,12);2H,1H2,(H,4,5). The molecule has 8 nitrogen and oxygen atoms in total. The van der Waals surface area contributed by atoms with E-state index in [0.717, 1.165) is 6.08 Å². The van der Waals surface area contributed by atoms with Crippen LogP contribution in [-0.2, 0) is 14.4 Å². The van der Waals surface area contributed by atoms with E-state index in [1.165, 1.54) is 0 Å². The molecular formula is C9H18N4O4. The van der Waals surface area contributed by atoms with E-state index in [4.69, 9.17) is 16.8 Å². The van der Waals surface area contributed by atoms with Crippen LogP contribution in [0.3, 0.4) is 0 Å². The number of hydrogen-bond acceptors (Lipinski definition) is 5. The summed E-state index contributed by atoms with van der Waals surface area (Å²) in [6.07, 6.45) is 2.79. The number of nitrogens with two attached hydrogens (primary N) is 2. The highest BCUT2D eigenvalue weighted by Gasteiger charge is 2.00. The molecule has 0 radical (unpaired) electrons. The molecule has 17 heavy (non-hydrogen) atoms. The van der Waals surface area contributed by atoms with Crippen molar-refractivity contribution in [2.24, 2.45) is 11.7 Å². The maximum atomic E-state index is 10.6. The van der Waals surface area contributed by atoms with Crippen LogP contribution in [0.15, 0.2) is 12.7 Å². The SMILES string of the molecule is C=CC(=O)O.NNC(=O)CCCCC(=O)NN. The van der Waals surface area contributed by atoms with Gasteiger partial charge in [-0.2, -0.15) is 0 Å². The first-order valence-electron chi connectivity index (χ1n) is 4.82. The Kier molecular flexibility index (Phi) is 12.5. The van der Waals surface area contributed by atoms with Crippen LogP contribution >= 0.6 is 0 Å². The molecule has 0 aromatic heterocycles. The average molecular weight is 246 g/mol. The zero-order valence-electron chi connectivity index (χ0n) is 9.44. The van der Waals surface area contributed by atoms with E-state index in [9.17, 15) is 14.4 Å². The van der Waals surface area contributed by atoms with E-state index >= 15 is 0 Å². The zero-order valence-corrected chi connectivity index (χ0v) is 9.44. The monoisotopic (exact) mass is 246 g/mol. The number of amides is 2. The van der Waals surface area contributed by atoms with Gasteiger partial charge < -0.3 is 5.11 Å². The van der Waals surface area contributed by atoms with Crippen LogP contribution in [0.4, 0.5) is 0 Å². The fraction of sp³-hybridized carbons (Fsp3) is 0.444. The third-order valence-corrected chi connectivity index (χ3v) is 1.55. The number of nitrogens with one attached hydrogen (secondary N) is 2. The smallest absolute Gasteiger partial charge is 0.327 e. The van der Waals surface area contributed by atoms with Gasteiger partial charge in [0.25, 0.3) is 0 Å².